The number of methoxy groups -OCH3 is 1. The van der Waals surface area contributed by atoms with Crippen LogP contribution in [-0.2, 0) is 6.42 Å². The molecule has 0 heterocycles. The summed E-state index contributed by atoms with van der Waals surface area (Å²) in [4.78, 5) is 0. The molecule has 0 bridgehead atoms. The quantitative estimate of drug-likeness (QED) is 0.896. The van der Waals surface area contributed by atoms with E-state index in [1.807, 2.05) is 18.2 Å². The zero-order chi connectivity index (χ0) is 13.3. The van der Waals surface area contributed by atoms with Crippen LogP contribution in [0.1, 0.15) is 44.1 Å². The Hall–Kier alpha value is -1.02. The minimum atomic E-state index is -0.514. The van der Waals surface area contributed by atoms with Gasteiger partial charge in [0.05, 0.1) is 12.7 Å². The molecule has 2 saturated carbocycles. The van der Waals surface area contributed by atoms with E-state index in [1.54, 1.807) is 7.11 Å². The van der Waals surface area contributed by atoms with Gasteiger partial charge in [0.15, 0.2) is 0 Å². The van der Waals surface area contributed by atoms with E-state index in [2.05, 4.69) is 6.07 Å². The first kappa shape index (κ1) is 13.0. The summed E-state index contributed by atoms with van der Waals surface area (Å²) in [6.45, 7) is 0. The Bertz CT molecular complexity index is 439. The van der Waals surface area contributed by atoms with Gasteiger partial charge >= 0.3 is 0 Å². The highest BCUT2D eigenvalue weighted by Crippen LogP contribution is 2.47. The van der Waals surface area contributed by atoms with Gasteiger partial charge in [0, 0.05) is 6.42 Å². The molecule has 0 aromatic heterocycles. The Morgan fingerprint density at radius 1 is 1.21 bits per heavy atom. The highest BCUT2D eigenvalue weighted by Gasteiger charge is 2.41. The number of para-hydroxylation sites is 1. The van der Waals surface area contributed by atoms with Crippen molar-refractivity contribution in [3.8, 4) is 5.75 Å². The third-order valence-electron chi connectivity index (χ3n) is 4.86. The summed E-state index contributed by atoms with van der Waals surface area (Å²) >= 11 is 0. The Balaban J connectivity index is 1.73. The van der Waals surface area contributed by atoms with Gasteiger partial charge in [-0.3, -0.25) is 0 Å². The van der Waals surface area contributed by atoms with Crippen LogP contribution in [0.25, 0.3) is 0 Å². The lowest BCUT2D eigenvalue weighted by molar-refractivity contribution is -0.0199. The van der Waals surface area contributed by atoms with E-state index < -0.39 is 5.60 Å². The van der Waals surface area contributed by atoms with Crippen LogP contribution in [0, 0.1) is 11.8 Å². The Morgan fingerprint density at radius 3 is 2.74 bits per heavy atom. The van der Waals surface area contributed by atoms with Gasteiger partial charge in [-0.2, -0.15) is 0 Å². The summed E-state index contributed by atoms with van der Waals surface area (Å²) < 4.78 is 5.41. The largest absolute Gasteiger partial charge is 0.496 e. The van der Waals surface area contributed by atoms with Gasteiger partial charge in [0.25, 0.3) is 0 Å². The second kappa shape index (κ2) is 5.16. The zero-order valence-corrected chi connectivity index (χ0v) is 11.8. The van der Waals surface area contributed by atoms with Gasteiger partial charge in [-0.05, 0) is 55.6 Å². The Morgan fingerprint density at radius 2 is 2.00 bits per heavy atom. The van der Waals surface area contributed by atoms with Crippen LogP contribution in [-0.4, -0.2) is 17.8 Å². The number of hydrogen-bond acceptors (Lipinski definition) is 2. The molecular formula is C17H24O2. The molecule has 3 rings (SSSR count). The topological polar surface area (TPSA) is 29.5 Å². The monoisotopic (exact) mass is 260 g/mol. The fourth-order valence-corrected chi connectivity index (χ4v) is 3.72. The molecule has 1 aromatic rings. The second-order valence-corrected chi connectivity index (χ2v) is 6.41. The minimum Gasteiger partial charge on any atom is -0.496 e. The molecule has 2 atom stereocenters. The fraction of sp³-hybridized carbons (Fsp3) is 0.647. The normalized spacial score (nSPS) is 31.2. The predicted octanol–water partition coefficient (Wildman–Crippen LogP) is 3.57. The standard InChI is InChI=1S/C17H24O2/c1-19-16-7-3-2-5-15(16)12-17(18)10-4-6-14(11-17)13-8-9-13/h2-3,5,7,13-14,18H,4,6,8-12H2,1H3. The van der Waals surface area contributed by atoms with Crippen LogP contribution < -0.4 is 4.74 Å². The SMILES string of the molecule is COc1ccccc1CC1(O)CCCC(C2CC2)C1. The lowest BCUT2D eigenvalue weighted by Gasteiger charge is -2.37. The molecule has 2 nitrogen and oxygen atoms in total. The van der Waals surface area contributed by atoms with E-state index in [9.17, 15) is 5.11 Å². The first-order valence-electron chi connectivity index (χ1n) is 7.54. The molecule has 19 heavy (non-hydrogen) atoms. The van der Waals surface area contributed by atoms with Crippen molar-refractivity contribution in [2.24, 2.45) is 11.8 Å². The van der Waals surface area contributed by atoms with E-state index in [0.717, 1.165) is 42.4 Å². The molecule has 0 saturated heterocycles. The van der Waals surface area contributed by atoms with E-state index in [1.165, 1.54) is 25.7 Å². The van der Waals surface area contributed by atoms with Crippen molar-refractivity contribution in [2.45, 2.75) is 50.5 Å². The molecule has 0 aliphatic heterocycles. The van der Waals surface area contributed by atoms with Crippen LogP contribution in [0.2, 0.25) is 0 Å². The molecule has 104 valence electrons. The van der Waals surface area contributed by atoms with Crippen molar-refractivity contribution in [3.05, 3.63) is 29.8 Å². The highest BCUT2D eigenvalue weighted by atomic mass is 16.5. The van der Waals surface area contributed by atoms with E-state index >= 15 is 0 Å². The molecular weight excluding hydrogens is 236 g/mol. The molecule has 2 aliphatic rings. The van der Waals surface area contributed by atoms with E-state index in [4.69, 9.17) is 4.74 Å². The number of aliphatic hydroxyl groups is 1. The third-order valence-corrected chi connectivity index (χ3v) is 4.86. The number of rotatable bonds is 4. The molecule has 2 heteroatoms. The average Bonchev–Trinajstić information content (AvgIpc) is 3.23. The van der Waals surface area contributed by atoms with Crippen molar-refractivity contribution in [3.63, 3.8) is 0 Å². The van der Waals surface area contributed by atoms with E-state index in [0.29, 0.717) is 0 Å². The number of hydrogen-bond donors (Lipinski definition) is 1. The van der Waals surface area contributed by atoms with Crippen molar-refractivity contribution in [1.82, 2.24) is 0 Å². The summed E-state index contributed by atoms with van der Waals surface area (Å²) in [5.74, 6) is 2.57. The predicted molar refractivity (Wildman–Crippen MR) is 76.3 cm³/mol. The van der Waals surface area contributed by atoms with E-state index in [-0.39, 0.29) is 0 Å². The molecule has 0 amide bonds. The van der Waals surface area contributed by atoms with Crippen LogP contribution in [0.15, 0.2) is 24.3 Å². The van der Waals surface area contributed by atoms with Crippen molar-refractivity contribution in [1.29, 1.82) is 0 Å². The molecule has 1 N–H and O–H groups in total. The fourth-order valence-electron chi connectivity index (χ4n) is 3.72. The molecule has 0 spiro atoms. The van der Waals surface area contributed by atoms with Gasteiger partial charge in [0.1, 0.15) is 5.75 Å². The maximum absolute atomic E-state index is 10.9. The van der Waals surface area contributed by atoms with Crippen molar-refractivity contribution in [2.75, 3.05) is 7.11 Å². The summed E-state index contributed by atoms with van der Waals surface area (Å²) in [6, 6.07) is 8.08. The van der Waals surface area contributed by atoms with Gasteiger partial charge < -0.3 is 9.84 Å². The van der Waals surface area contributed by atoms with Crippen LogP contribution in [0.3, 0.4) is 0 Å². The lowest BCUT2D eigenvalue weighted by Crippen LogP contribution is -2.38. The molecule has 0 radical (unpaired) electrons. The van der Waals surface area contributed by atoms with Crippen molar-refractivity contribution < 1.29 is 9.84 Å². The van der Waals surface area contributed by atoms with Crippen LogP contribution >= 0.6 is 0 Å². The average molecular weight is 260 g/mol. The van der Waals surface area contributed by atoms with Crippen LogP contribution in [0.5, 0.6) is 5.75 Å². The van der Waals surface area contributed by atoms with Gasteiger partial charge in [-0.25, -0.2) is 0 Å². The smallest absolute Gasteiger partial charge is 0.122 e. The van der Waals surface area contributed by atoms with Crippen LogP contribution in [0.4, 0.5) is 0 Å². The second-order valence-electron chi connectivity index (χ2n) is 6.41. The maximum Gasteiger partial charge on any atom is 0.122 e. The Labute approximate surface area is 115 Å². The van der Waals surface area contributed by atoms with Gasteiger partial charge in [0.2, 0.25) is 0 Å². The van der Waals surface area contributed by atoms with Gasteiger partial charge in [-0.15, -0.1) is 0 Å². The summed E-state index contributed by atoms with van der Waals surface area (Å²) in [7, 11) is 1.71. The number of benzene rings is 1. The Kier molecular flexibility index (Phi) is 3.53. The van der Waals surface area contributed by atoms with Gasteiger partial charge in [-0.1, -0.05) is 24.6 Å². The maximum atomic E-state index is 10.9. The summed E-state index contributed by atoms with van der Waals surface area (Å²) in [5, 5.41) is 10.9. The first-order valence-corrected chi connectivity index (χ1v) is 7.54. The zero-order valence-electron chi connectivity index (χ0n) is 11.8. The molecule has 1 aromatic carbocycles. The number of ether oxygens (including phenoxy) is 1. The molecule has 2 unspecified atom stereocenters. The first-order chi connectivity index (χ1) is 9.20. The molecule has 2 fully saturated rings. The summed E-state index contributed by atoms with van der Waals surface area (Å²) in [5.41, 5.74) is 0.629. The molecule has 2 aliphatic carbocycles. The van der Waals surface area contributed by atoms with Crippen molar-refractivity contribution >= 4 is 0 Å². The third kappa shape index (κ3) is 2.94. The highest BCUT2D eigenvalue weighted by molar-refractivity contribution is 5.34. The lowest BCUT2D eigenvalue weighted by atomic mass is 9.73. The summed E-state index contributed by atoms with van der Waals surface area (Å²) in [6.07, 6.45) is 7.92. The minimum absolute atomic E-state index is 0.514.